The molecule has 2 aromatic rings. The fraction of sp³-hybridized carbons (Fsp3) is 0.417. The average molecular weight is 412 g/mol. The number of likely N-dealkylation sites (tertiary alicyclic amines) is 1. The normalized spacial score (nSPS) is 24.7. The first kappa shape index (κ1) is 20.5. The Labute approximate surface area is 175 Å². The van der Waals surface area contributed by atoms with E-state index in [4.69, 9.17) is 0 Å². The molecule has 30 heavy (non-hydrogen) atoms. The van der Waals surface area contributed by atoms with Gasteiger partial charge in [-0.25, -0.2) is 8.78 Å². The molecule has 0 bridgehead atoms. The van der Waals surface area contributed by atoms with Crippen LogP contribution in [0.3, 0.4) is 0 Å². The number of hydrogen-bond donors (Lipinski definition) is 1. The second kappa shape index (κ2) is 7.49. The lowest BCUT2D eigenvalue weighted by Crippen LogP contribution is -2.39. The molecule has 1 saturated heterocycles. The lowest BCUT2D eigenvalue weighted by molar-refractivity contribution is -0.129. The zero-order chi connectivity index (χ0) is 21.5. The van der Waals surface area contributed by atoms with Crippen molar-refractivity contribution in [1.29, 1.82) is 0 Å². The van der Waals surface area contributed by atoms with Gasteiger partial charge in [-0.05, 0) is 29.0 Å². The van der Waals surface area contributed by atoms with E-state index in [-0.39, 0.29) is 30.2 Å². The third kappa shape index (κ3) is 3.71. The topological polar surface area (TPSA) is 49.4 Å². The van der Waals surface area contributed by atoms with Crippen molar-refractivity contribution in [2.24, 2.45) is 11.3 Å². The van der Waals surface area contributed by atoms with Crippen LogP contribution in [0.4, 0.5) is 8.78 Å². The summed E-state index contributed by atoms with van der Waals surface area (Å²) in [5, 5.41) is 2.95. The predicted octanol–water partition coefficient (Wildman–Crippen LogP) is 3.80. The Balaban J connectivity index is 1.41. The highest BCUT2D eigenvalue weighted by atomic mass is 19.1. The number of rotatable bonds is 6. The summed E-state index contributed by atoms with van der Waals surface area (Å²) in [7, 11) is 0. The smallest absolute Gasteiger partial charge is 0.225 e. The van der Waals surface area contributed by atoms with Gasteiger partial charge in [-0.3, -0.25) is 9.59 Å². The molecular weight excluding hydrogens is 386 g/mol. The van der Waals surface area contributed by atoms with E-state index in [0.717, 1.165) is 11.6 Å². The molecule has 6 heteroatoms. The van der Waals surface area contributed by atoms with E-state index in [1.807, 2.05) is 44.2 Å². The number of halogens is 2. The van der Waals surface area contributed by atoms with E-state index < -0.39 is 23.0 Å². The second-order valence-electron chi connectivity index (χ2n) is 9.15. The molecule has 1 heterocycles. The molecule has 1 aliphatic heterocycles. The maximum absolute atomic E-state index is 14.5. The van der Waals surface area contributed by atoms with Crippen LogP contribution in [0.25, 0.3) is 0 Å². The summed E-state index contributed by atoms with van der Waals surface area (Å²) >= 11 is 0. The summed E-state index contributed by atoms with van der Waals surface area (Å²) in [5.74, 6) is -1.84. The highest BCUT2D eigenvalue weighted by Gasteiger charge is 2.63. The van der Waals surface area contributed by atoms with Crippen LogP contribution < -0.4 is 5.32 Å². The van der Waals surface area contributed by atoms with Gasteiger partial charge in [0.2, 0.25) is 11.8 Å². The van der Waals surface area contributed by atoms with Crippen LogP contribution in [0, 0.1) is 23.0 Å². The first-order valence-electron chi connectivity index (χ1n) is 10.3. The van der Waals surface area contributed by atoms with Crippen molar-refractivity contribution in [2.75, 3.05) is 13.1 Å². The van der Waals surface area contributed by atoms with Gasteiger partial charge in [-0.2, -0.15) is 0 Å². The summed E-state index contributed by atoms with van der Waals surface area (Å²) in [5.41, 5.74) is 0.691. The Hall–Kier alpha value is -2.76. The molecule has 2 aliphatic rings. The number of nitrogens with one attached hydrogen (secondary N) is 1. The molecular formula is C24H26F2N2O2. The summed E-state index contributed by atoms with van der Waals surface area (Å²) in [6.45, 7) is 5.16. The number of carbonyl (C=O) groups excluding carboxylic acids is 2. The lowest BCUT2D eigenvalue weighted by Gasteiger charge is -2.23. The molecule has 1 aliphatic carbocycles. The van der Waals surface area contributed by atoms with E-state index in [0.29, 0.717) is 25.1 Å². The van der Waals surface area contributed by atoms with Crippen molar-refractivity contribution in [3.05, 3.63) is 71.3 Å². The summed E-state index contributed by atoms with van der Waals surface area (Å²) in [4.78, 5) is 26.9. The number of amides is 2. The molecule has 2 atom stereocenters. The van der Waals surface area contributed by atoms with Gasteiger partial charge in [0.1, 0.15) is 11.6 Å². The fourth-order valence-corrected chi connectivity index (χ4v) is 4.73. The molecule has 1 N–H and O–H groups in total. The lowest BCUT2D eigenvalue weighted by atomic mass is 9.87. The third-order valence-electron chi connectivity index (χ3n) is 6.73. The second-order valence-corrected chi connectivity index (χ2v) is 9.15. The minimum Gasteiger partial charge on any atom is -0.355 e. The maximum Gasteiger partial charge on any atom is 0.225 e. The van der Waals surface area contributed by atoms with Crippen LogP contribution in [0.5, 0.6) is 0 Å². The predicted molar refractivity (Wildman–Crippen MR) is 109 cm³/mol. The van der Waals surface area contributed by atoms with E-state index in [2.05, 4.69) is 5.32 Å². The molecule has 158 valence electrons. The van der Waals surface area contributed by atoms with Crippen molar-refractivity contribution < 1.29 is 18.4 Å². The average Bonchev–Trinajstić information content (AvgIpc) is 3.06. The van der Waals surface area contributed by atoms with Crippen molar-refractivity contribution in [3.8, 4) is 0 Å². The fourth-order valence-electron chi connectivity index (χ4n) is 4.73. The van der Waals surface area contributed by atoms with Gasteiger partial charge in [0.25, 0.3) is 0 Å². The Morgan fingerprint density at radius 2 is 1.87 bits per heavy atom. The van der Waals surface area contributed by atoms with E-state index in [1.165, 1.54) is 12.1 Å². The van der Waals surface area contributed by atoms with Gasteiger partial charge in [-0.15, -0.1) is 0 Å². The van der Waals surface area contributed by atoms with Gasteiger partial charge in [0.05, 0.1) is 5.92 Å². The van der Waals surface area contributed by atoms with Crippen molar-refractivity contribution in [3.63, 3.8) is 0 Å². The largest absolute Gasteiger partial charge is 0.355 e. The Morgan fingerprint density at radius 1 is 1.17 bits per heavy atom. The molecule has 0 spiro atoms. The molecule has 2 aromatic carbocycles. The zero-order valence-corrected chi connectivity index (χ0v) is 17.3. The van der Waals surface area contributed by atoms with Crippen LogP contribution >= 0.6 is 0 Å². The SMILES string of the molecule is CC1(C)CC1(CNC(=O)C1CC(=O)N(Cc2ccccc2)C1)c1ccc(F)cc1F. The first-order valence-corrected chi connectivity index (χ1v) is 10.3. The molecule has 0 radical (unpaired) electrons. The Bertz CT molecular complexity index is 976. The highest BCUT2D eigenvalue weighted by Crippen LogP contribution is 2.64. The van der Waals surface area contributed by atoms with Gasteiger partial charge in [0, 0.05) is 37.5 Å². The van der Waals surface area contributed by atoms with E-state index in [9.17, 15) is 18.4 Å². The van der Waals surface area contributed by atoms with Crippen LogP contribution in [0.1, 0.15) is 37.8 Å². The number of benzene rings is 2. The number of carbonyl (C=O) groups is 2. The summed E-state index contributed by atoms with van der Waals surface area (Å²) < 4.78 is 27.8. The minimum atomic E-state index is -0.614. The maximum atomic E-state index is 14.5. The molecule has 1 saturated carbocycles. The molecule has 4 rings (SSSR count). The van der Waals surface area contributed by atoms with Crippen molar-refractivity contribution in [2.45, 2.75) is 38.6 Å². The van der Waals surface area contributed by atoms with Crippen molar-refractivity contribution >= 4 is 11.8 Å². The summed E-state index contributed by atoms with van der Waals surface area (Å²) in [6.07, 6.45) is 0.881. The first-order chi connectivity index (χ1) is 14.2. The molecule has 2 amide bonds. The summed E-state index contributed by atoms with van der Waals surface area (Å²) in [6, 6.07) is 13.3. The van der Waals surface area contributed by atoms with Crippen LogP contribution in [-0.2, 0) is 21.5 Å². The number of hydrogen-bond acceptors (Lipinski definition) is 2. The van der Waals surface area contributed by atoms with Gasteiger partial charge in [-0.1, -0.05) is 50.2 Å². The van der Waals surface area contributed by atoms with Gasteiger partial charge in [0.15, 0.2) is 0 Å². The van der Waals surface area contributed by atoms with Crippen molar-refractivity contribution in [1.82, 2.24) is 10.2 Å². The highest BCUT2D eigenvalue weighted by molar-refractivity contribution is 5.89. The van der Waals surface area contributed by atoms with Gasteiger partial charge < -0.3 is 10.2 Å². The van der Waals surface area contributed by atoms with Gasteiger partial charge >= 0.3 is 0 Å². The monoisotopic (exact) mass is 412 g/mol. The Kier molecular flexibility index (Phi) is 5.12. The Morgan fingerprint density at radius 3 is 2.50 bits per heavy atom. The van der Waals surface area contributed by atoms with E-state index in [1.54, 1.807) is 4.90 Å². The zero-order valence-electron chi connectivity index (χ0n) is 17.3. The molecule has 2 unspecified atom stereocenters. The molecule has 4 nitrogen and oxygen atoms in total. The van der Waals surface area contributed by atoms with Crippen LogP contribution in [0.2, 0.25) is 0 Å². The number of nitrogens with zero attached hydrogens (tertiary/aromatic N) is 1. The quantitative estimate of drug-likeness (QED) is 0.785. The molecule has 0 aromatic heterocycles. The standard InChI is InChI=1S/C24H26F2N2O2/c1-23(2)14-24(23,19-9-8-18(25)11-20(19)26)15-27-22(30)17-10-21(29)28(13-17)12-16-6-4-3-5-7-16/h3-9,11,17H,10,12-15H2,1-2H3,(H,27,30). The van der Waals surface area contributed by atoms with Crippen LogP contribution in [0.15, 0.2) is 48.5 Å². The third-order valence-corrected chi connectivity index (χ3v) is 6.73. The minimum absolute atomic E-state index is 0.0370. The van der Waals surface area contributed by atoms with Crippen LogP contribution in [-0.4, -0.2) is 29.8 Å². The van der Waals surface area contributed by atoms with E-state index >= 15 is 0 Å². The molecule has 2 fully saturated rings.